The number of aromatic nitrogens is 1. The number of pyridine rings is 1. The average Bonchev–Trinajstić information content (AvgIpc) is 2.96. The van der Waals surface area contributed by atoms with Gasteiger partial charge in [-0.2, -0.15) is 4.39 Å². The van der Waals surface area contributed by atoms with Gasteiger partial charge in [-0.15, -0.1) is 0 Å². The van der Waals surface area contributed by atoms with Gasteiger partial charge < -0.3 is 25.8 Å². The number of nitrogen functional groups attached to an aromatic ring is 1. The minimum absolute atomic E-state index is 0.0593. The van der Waals surface area contributed by atoms with Crippen molar-refractivity contribution in [2.24, 2.45) is 0 Å². The monoisotopic (exact) mass is 545 g/mol. The van der Waals surface area contributed by atoms with Crippen LogP contribution in [0.2, 0.25) is 0 Å². The predicted molar refractivity (Wildman–Crippen MR) is 158 cm³/mol. The minimum Gasteiger partial charge on any atom is -0.492 e. The van der Waals surface area contributed by atoms with Crippen LogP contribution in [0, 0.1) is 5.41 Å². The van der Waals surface area contributed by atoms with Crippen LogP contribution in [0.5, 0.6) is 5.75 Å². The van der Waals surface area contributed by atoms with Crippen LogP contribution in [0.4, 0.5) is 10.1 Å². The van der Waals surface area contributed by atoms with Gasteiger partial charge in [-0.1, -0.05) is 31.2 Å². The smallest absolute Gasteiger partial charge is 0.246 e. The Balaban J connectivity index is 1.74. The van der Waals surface area contributed by atoms with Crippen molar-refractivity contribution in [1.29, 1.82) is 5.41 Å². The van der Waals surface area contributed by atoms with Crippen molar-refractivity contribution in [2.75, 3.05) is 45.6 Å². The molecule has 0 spiro atoms. The summed E-state index contributed by atoms with van der Waals surface area (Å²) in [6.45, 7) is 3.84. The van der Waals surface area contributed by atoms with E-state index in [4.69, 9.17) is 21.0 Å². The minimum atomic E-state index is -1.07. The van der Waals surface area contributed by atoms with E-state index in [0.717, 1.165) is 27.8 Å². The third kappa shape index (κ3) is 8.33. The number of halogens is 1. The maximum absolute atomic E-state index is 13.9. The Kier molecular flexibility index (Phi) is 11.6. The Bertz CT molecular complexity index is 1340. The van der Waals surface area contributed by atoms with Gasteiger partial charge in [0.1, 0.15) is 12.4 Å². The number of carbonyl (C=O) groups excluding carboxylic acids is 1. The number of hydrogen-bond donors (Lipinski definition) is 4. The Hall–Kier alpha value is -4.34. The van der Waals surface area contributed by atoms with Gasteiger partial charge in [0.05, 0.1) is 12.2 Å². The van der Waals surface area contributed by atoms with E-state index < -0.39 is 5.97 Å². The highest BCUT2D eigenvalue weighted by Crippen LogP contribution is 2.36. The SMILES string of the molecule is CC/C(=C(/c1ccc(OCCNC/C=C/C(=O)N(C)CCO)cc1)c1ccc(N)c(C(=N)F)c1)c1ccncc1. The van der Waals surface area contributed by atoms with Gasteiger partial charge in [-0.05, 0) is 70.7 Å². The van der Waals surface area contributed by atoms with E-state index in [1.165, 1.54) is 11.0 Å². The largest absolute Gasteiger partial charge is 0.492 e. The summed E-state index contributed by atoms with van der Waals surface area (Å²) in [5.41, 5.74) is 10.8. The van der Waals surface area contributed by atoms with Crippen LogP contribution < -0.4 is 15.8 Å². The van der Waals surface area contributed by atoms with Crippen LogP contribution in [0.15, 0.2) is 79.1 Å². The van der Waals surface area contributed by atoms with Gasteiger partial charge in [-0.25, -0.2) is 0 Å². The normalized spacial score (nSPS) is 11.8. The molecule has 1 aromatic heterocycles. The number of benzene rings is 2. The van der Waals surface area contributed by atoms with Gasteiger partial charge in [0, 0.05) is 50.8 Å². The molecule has 0 atom stereocenters. The highest BCUT2D eigenvalue weighted by molar-refractivity contribution is 6.02. The second-order valence-electron chi connectivity index (χ2n) is 9.02. The van der Waals surface area contributed by atoms with E-state index in [2.05, 4.69) is 17.2 Å². The number of aliphatic hydroxyl groups excluding tert-OH is 1. The number of amides is 1. The van der Waals surface area contributed by atoms with Gasteiger partial charge in [0.2, 0.25) is 11.9 Å². The van der Waals surface area contributed by atoms with E-state index in [0.29, 0.717) is 38.4 Å². The van der Waals surface area contributed by atoms with Gasteiger partial charge >= 0.3 is 0 Å². The fourth-order valence-electron chi connectivity index (χ4n) is 4.19. The summed E-state index contributed by atoms with van der Waals surface area (Å²) in [5, 5.41) is 19.6. The molecule has 5 N–H and O–H groups in total. The molecule has 9 heteroatoms. The van der Waals surface area contributed by atoms with Gasteiger partial charge in [-0.3, -0.25) is 15.2 Å². The molecule has 40 heavy (non-hydrogen) atoms. The molecule has 0 saturated heterocycles. The molecule has 210 valence electrons. The summed E-state index contributed by atoms with van der Waals surface area (Å²) in [6.07, 6.45) is 7.41. The quantitative estimate of drug-likeness (QED) is 0.104. The topological polar surface area (TPSA) is 125 Å². The number of nitrogens with zero attached hydrogens (tertiary/aromatic N) is 2. The summed E-state index contributed by atoms with van der Waals surface area (Å²) in [4.78, 5) is 17.4. The summed E-state index contributed by atoms with van der Waals surface area (Å²) in [5.74, 6) is -0.533. The second-order valence-corrected chi connectivity index (χ2v) is 9.02. The molecular formula is C31H36FN5O3. The van der Waals surface area contributed by atoms with Crippen LogP contribution >= 0.6 is 0 Å². The fraction of sp³-hybridized carbons (Fsp3) is 0.258. The summed E-state index contributed by atoms with van der Waals surface area (Å²) < 4.78 is 19.8. The van der Waals surface area contributed by atoms with Crippen molar-refractivity contribution < 1.29 is 19.0 Å². The molecule has 0 radical (unpaired) electrons. The third-order valence-electron chi connectivity index (χ3n) is 6.29. The lowest BCUT2D eigenvalue weighted by atomic mass is 9.87. The first-order valence-corrected chi connectivity index (χ1v) is 13.1. The first-order valence-electron chi connectivity index (χ1n) is 13.1. The van der Waals surface area contributed by atoms with Crippen molar-refractivity contribution in [1.82, 2.24) is 15.2 Å². The van der Waals surface area contributed by atoms with E-state index in [1.54, 1.807) is 37.7 Å². The molecule has 0 aliphatic rings. The number of ether oxygens (including phenoxy) is 1. The Morgan fingerprint density at radius 3 is 2.48 bits per heavy atom. The molecule has 8 nitrogen and oxygen atoms in total. The summed E-state index contributed by atoms with van der Waals surface area (Å²) >= 11 is 0. The Morgan fingerprint density at radius 1 is 1.12 bits per heavy atom. The highest BCUT2D eigenvalue weighted by atomic mass is 19.1. The molecule has 2 aromatic carbocycles. The van der Waals surface area contributed by atoms with Crippen LogP contribution in [-0.4, -0.2) is 66.8 Å². The second kappa shape index (κ2) is 15.3. The lowest BCUT2D eigenvalue weighted by Crippen LogP contribution is -2.28. The fourth-order valence-corrected chi connectivity index (χ4v) is 4.19. The molecule has 3 aromatic rings. The number of allylic oxidation sites excluding steroid dienone is 1. The number of aliphatic hydroxyl groups is 1. The van der Waals surface area contributed by atoms with Crippen LogP contribution in [0.25, 0.3) is 11.1 Å². The van der Waals surface area contributed by atoms with E-state index >= 15 is 0 Å². The zero-order valence-electron chi connectivity index (χ0n) is 22.9. The van der Waals surface area contributed by atoms with E-state index in [1.807, 2.05) is 42.5 Å². The number of nitrogens with one attached hydrogen (secondary N) is 2. The lowest BCUT2D eigenvalue weighted by molar-refractivity contribution is -0.125. The number of nitrogens with two attached hydrogens (primary N) is 1. The number of carbonyl (C=O) groups is 1. The molecule has 0 aliphatic carbocycles. The van der Waals surface area contributed by atoms with Crippen molar-refractivity contribution in [3.63, 3.8) is 0 Å². The Morgan fingerprint density at radius 2 is 1.82 bits per heavy atom. The first-order chi connectivity index (χ1) is 19.3. The average molecular weight is 546 g/mol. The van der Waals surface area contributed by atoms with Gasteiger partial charge in [0.25, 0.3) is 0 Å². The maximum atomic E-state index is 13.9. The van der Waals surface area contributed by atoms with Crippen LogP contribution in [0.1, 0.15) is 35.6 Å². The lowest BCUT2D eigenvalue weighted by Gasteiger charge is -2.18. The summed E-state index contributed by atoms with van der Waals surface area (Å²) in [7, 11) is 1.64. The number of anilines is 1. The van der Waals surface area contributed by atoms with Crippen molar-refractivity contribution in [2.45, 2.75) is 13.3 Å². The molecule has 0 fully saturated rings. The third-order valence-corrected chi connectivity index (χ3v) is 6.29. The molecule has 0 unspecified atom stereocenters. The molecule has 3 rings (SSSR count). The van der Waals surface area contributed by atoms with Crippen LogP contribution in [-0.2, 0) is 4.79 Å². The summed E-state index contributed by atoms with van der Waals surface area (Å²) in [6, 6.07) is 16.7. The number of hydrogen-bond acceptors (Lipinski definition) is 7. The standard InChI is InChI=1S/C31H36FN5O3/c1-3-26(22-12-15-36-16-13-22)30(24-8-11-28(33)27(21-24)31(32)34)23-6-9-25(10-7-23)40-20-17-35-14-4-5-29(39)37(2)18-19-38/h4-13,15-16,21,34-35,38H,3,14,17-20,33H2,1-2H3/b5-4+,30-26+,34-31?. The van der Waals surface area contributed by atoms with Crippen molar-refractivity contribution in [3.8, 4) is 5.75 Å². The number of likely N-dealkylation sites (N-methyl/N-ethyl adjacent to an activating group) is 1. The number of rotatable bonds is 14. The zero-order chi connectivity index (χ0) is 28.9. The van der Waals surface area contributed by atoms with Gasteiger partial charge in [0.15, 0.2) is 0 Å². The maximum Gasteiger partial charge on any atom is 0.246 e. The molecular weight excluding hydrogens is 509 g/mol. The zero-order valence-corrected chi connectivity index (χ0v) is 22.9. The Labute approximate surface area is 234 Å². The van der Waals surface area contributed by atoms with Crippen molar-refractivity contribution >= 4 is 28.7 Å². The molecule has 0 bridgehead atoms. The predicted octanol–water partition coefficient (Wildman–Crippen LogP) is 4.30. The van der Waals surface area contributed by atoms with E-state index in [-0.39, 0.29) is 23.8 Å². The van der Waals surface area contributed by atoms with E-state index in [9.17, 15) is 9.18 Å². The van der Waals surface area contributed by atoms with Crippen LogP contribution in [0.3, 0.4) is 0 Å². The molecule has 1 heterocycles. The highest BCUT2D eigenvalue weighted by Gasteiger charge is 2.16. The first kappa shape index (κ1) is 30.2. The van der Waals surface area contributed by atoms with Crippen molar-refractivity contribution in [3.05, 3.63) is 101 Å². The molecule has 0 aliphatic heterocycles. The molecule has 1 amide bonds. The molecule has 0 saturated carbocycles.